The Labute approximate surface area is 310 Å². The molecular formula is C40H61NO11. The molecule has 3 rings (SSSR count). The van der Waals surface area contributed by atoms with Gasteiger partial charge in [0.05, 0.1) is 92.5 Å². The molecule has 0 spiro atoms. The van der Waals surface area contributed by atoms with Gasteiger partial charge in [0, 0.05) is 25.9 Å². The molecule has 1 amide bonds. The largest absolute Gasteiger partial charge is 0.463 e. The molecular weight excluding hydrogens is 670 g/mol. The van der Waals surface area contributed by atoms with Crippen molar-refractivity contribution in [1.82, 2.24) is 4.90 Å². The average Bonchev–Trinajstić information content (AvgIpc) is 3.48. The van der Waals surface area contributed by atoms with Crippen molar-refractivity contribution >= 4 is 12.1 Å². The fraction of sp³-hybridized carbons (Fsp3) is 0.650. The number of carbonyl (C=O) groups excluding carboxylic acids is 2. The molecule has 12 heteroatoms. The van der Waals surface area contributed by atoms with Gasteiger partial charge in [0.15, 0.2) is 0 Å². The number of benzene rings is 2. The predicted molar refractivity (Wildman–Crippen MR) is 198 cm³/mol. The highest BCUT2D eigenvalue weighted by molar-refractivity contribution is 5.79. The van der Waals surface area contributed by atoms with Gasteiger partial charge in [-0.05, 0) is 28.7 Å². The summed E-state index contributed by atoms with van der Waals surface area (Å²) in [7, 11) is 1.71. The van der Waals surface area contributed by atoms with Crippen LogP contribution in [-0.2, 0) is 47.4 Å². The maximum absolute atomic E-state index is 12.6. The quantitative estimate of drug-likeness (QED) is 0.0662. The maximum Gasteiger partial charge on any atom is 0.409 e. The molecule has 0 N–H and O–H groups in total. The molecule has 0 atom stereocenters. The van der Waals surface area contributed by atoms with Gasteiger partial charge in [-0.25, -0.2) is 4.79 Å². The van der Waals surface area contributed by atoms with E-state index in [-0.39, 0.29) is 24.6 Å². The van der Waals surface area contributed by atoms with E-state index in [9.17, 15) is 9.59 Å². The molecule has 0 saturated heterocycles. The van der Waals surface area contributed by atoms with E-state index in [1.54, 1.807) is 7.05 Å². The molecule has 2 aromatic rings. The van der Waals surface area contributed by atoms with E-state index in [4.69, 9.17) is 42.6 Å². The number of fused-ring (bicyclic) bond motifs is 3. The molecule has 52 heavy (non-hydrogen) atoms. The lowest BCUT2D eigenvalue weighted by molar-refractivity contribution is -0.145. The highest BCUT2D eigenvalue weighted by atomic mass is 16.6. The lowest BCUT2D eigenvalue weighted by atomic mass is 9.98. The van der Waals surface area contributed by atoms with Crippen LogP contribution in [-0.4, -0.2) is 136 Å². The first-order valence-electron chi connectivity index (χ1n) is 18.9. The molecule has 0 heterocycles. The minimum Gasteiger partial charge on any atom is -0.463 e. The first-order valence-corrected chi connectivity index (χ1v) is 18.9. The van der Waals surface area contributed by atoms with Crippen molar-refractivity contribution < 1.29 is 52.2 Å². The number of likely N-dealkylation sites (N-methyl/N-ethyl adjacent to an activating group) is 1. The predicted octanol–water partition coefficient (Wildman–Crippen LogP) is 5.89. The number of esters is 1. The summed E-state index contributed by atoms with van der Waals surface area (Å²) in [6.45, 7) is 9.52. The Morgan fingerprint density at radius 3 is 1.44 bits per heavy atom. The molecule has 0 aliphatic heterocycles. The van der Waals surface area contributed by atoms with Crippen molar-refractivity contribution in [3.05, 3.63) is 59.7 Å². The molecule has 0 fully saturated rings. The van der Waals surface area contributed by atoms with Crippen molar-refractivity contribution in [2.75, 3.05) is 119 Å². The number of carbonyl (C=O) groups is 2. The second-order valence-electron chi connectivity index (χ2n) is 12.4. The van der Waals surface area contributed by atoms with Crippen LogP contribution < -0.4 is 0 Å². The zero-order chi connectivity index (χ0) is 36.9. The van der Waals surface area contributed by atoms with E-state index in [2.05, 4.69) is 31.2 Å². The molecule has 2 aromatic carbocycles. The number of hydrogen-bond donors (Lipinski definition) is 0. The second-order valence-corrected chi connectivity index (χ2v) is 12.4. The van der Waals surface area contributed by atoms with Gasteiger partial charge in [0.25, 0.3) is 0 Å². The Morgan fingerprint density at radius 1 is 0.538 bits per heavy atom. The third kappa shape index (κ3) is 18.1. The monoisotopic (exact) mass is 731 g/mol. The van der Waals surface area contributed by atoms with Crippen LogP contribution in [0.5, 0.6) is 0 Å². The van der Waals surface area contributed by atoms with Crippen LogP contribution in [0.3, 0.4) is 0 Å². The molecule has 0 unspecified atom stereocenters. The van der Waals surface area contributed by atoms with E-state index >= 15 is 0 Å². The fourth-order valence-electron chi connectivity index (χ4n) is 5.58. The summed E-state index contributed by atoms with van der Waals surface area (Å²) in [5.74, 6) is -0.113. The minimum absolute atomic E-state index is 0.0381. The lowest BCUT2D eigenvalue weighted by Crippen LogP contribution is -2.32. The molecule has 0 radical (unpaired) electrons. The summed E-state index contributed by atoms with van der Waals surface area (Å²) < 4.78 is 49.4. The summed E-state index contributed by atoms with van der Waals surface area (Å²) in [6.07, 6.45) is 5.68. The fourth-order valence-corrected chi connectivity index (χ4v) is 5.58. The smallest absolute Gasteiger partial charge is 0.409 e. The number of nitrogens with zero attached hydrogens (tertiary/aromatic N) is 1. The van der Waals surface area contributed by atoms with Gasteiger partial charge < -0.3 is 47.5 Å². The van der Waals surface area contributed by atoms with Crippen LogP contribution in [0.1, 0.15) is 62.5 Å². The molecule has 0 aromatic heterocycles. The van der Waals surface area contributed by atoms with Gasteiger partial charge >= 0.3 is 12.1 Å². The molecule has 1 aliphatic rings. The van der Waals surface area contributed by atoms with Crippen LogP contribution in [0, 0.1) is 0 Å². The summed E-state index contributed by atoms with van der Waals surface area (Å²) in [4.78, 5) is 25.8. The van der Waals surface area contributed by atoms with Crippen LogP contribution >= 0.6 is 0 Å². The van der Waals surface area contributed by atoms with E-state index in [1.807, 2.05) is 24.3 Å². The molecule has 292 valence electrons. The van der Waals surface area contributed by atoms with E-state index in [0.717, 1.165) is 12.8 Å². The van der Waals surface area contributed by atoms with E-state index in [0.29, 0.717) is 112 Å². The Kier molecular flexibility index (Phi) is 23.7. The van der Waals surface area contributed by atoms with Crippen molar-refractivity contribution in [3.8, 4) is 11.1 Å². The second kappa shape index (κ2) is 28.4. The molecule has 0 saturated carbocycles. The number of hydrogen-bond acceptors (Lipinski definition) is 11. The van der Waals surface area contributed by atoms with Gasteiger partial charge in [-0.2, -0.15) is 0 Å². The van der Waals surface area contributed by atoms with Crippen molar-refractivity contribution in [2.45, 2.75) is 51.4 Å². The first kappa shape index (κ1) is 43.3. The SMILES string of the molecule is CCCCCCCC(=O)OCCOCCOCCOCCOCCOCCOCCOCCN(C)C(=O)OCC1c2ccccc2-c2ccccc21. The third-order valence-electron chi connectivity index (χ3n) is 8.43. The Morgan fingerprint density at radius 2 is 0.962 bits per heavy atom. The molecule has 0 bridgehead atoms. The van der Waals surface area contributed by atoms with Crippen molar-refractivity contribution in [1.29, 1.82) is 0 Å². The van der Waals surface area contributed by atoms with Crippen LogP contribution in [0.15, 0.2) is 48.5 Å². The standard InChI is InChI=1S/C40H61NO11/c1-3-4-5-6-7-16-39(42)51-32-31-50-30-29-49-28-27-48-26-25-47-24-23-46-22-21-45-20-19-44-18-17-41(2)40(43)52-33-38-36-14-10-8-12-34(36)35-13-9-11-15-37(35)38/h8-15,38H,3-7,16-33H2,1-2H3. The summed E-state index contributed by atoms with van der Waals surface area (Å²) >= 11 is 0. The highest BCUT2D eigenvalue weighted by Crippen LogP contribution is 2.44. The average molecular weight is 732 g/mol. The minimum atomic E-state index is -0.365. The van der Waals surface area contributed by atoms with Crippen molar-refractivity contribution in [3.63, 3.8) is 0 Å². The third-order valence-corrected chi connectivity index (χ3v) is 8.43. The van der Waals surface area contributed by atoms with Gasteiger partial charge in [0.2, 0.25) is 0 Å². The normalized spacial score (nSPS) is 12.1. The van der Waals surface area contributed by atoms with Gasteiger partial charge in [-0.3, -0.25) is 4.79 Å². The number of amides is 1. The first-order chi connectivity index (χ1) is 25.6. The highest BCUT2D eigenvalue weighted by Gasteiger charge is 2.29. The topological polar surface area (TPSA) is 120 Å². The van der Waals surface area contributed by atoms with Gasteiger partial charge in [0.1, 0.15) is 13.2 Å². The summed E-state index contributed by atoms with van der Waals surface area (Å²) in [6, 6.07) is 16.6. The summed E-state index contributed by atoms with van der Waals surface area (Å²) in [5.41, 5.74) is 4.79. The number of ether oxygens (including phenoxy) is 9. The van der Waals surface area contributed by atoms with Crippen LogP contribution in [0.2, 0.25) is 0 Å². The Hall–Kier alpha value is -3.10. The van der Waals surface area contributed by atoms with Crippen molar-refractivity contribution in [2.24, 2.45) is 0 Å². The summed E-state index contributed by atoms with van der Waals surface area (Å²) in [5, 5.41) is 0. The molecule has 12 nitrogen and oxygen atoms in total. The Balaban J connectivity index is 1.00. The molecule has 1 aliphatic carbocycles. The maximum atomic E-state index is 12.6. The zero-order valence-corrected chi connectivity index (χ0v) is 31.4. The van der Waals surface area contributed by atoms with Crippen LogP contribution in [0.4, 0.5) is 4.79 Å². The zero-order valence-electron chi connectivity index (χ0n) is 31.4. The van der Waals surface area contributed by atoms with Crippen LogP contribution in [0.25, 0.3) is 11.1 Å². The van der Waals surface area contributed by atoms with E-state index in [1.165, 1.54) is 46.4 Å². The number of unbranched alkanes of at least 4 members (excludes halogenated alkanes) is 4. The lowest BCUT2D eigenvalue weighted by Gasteiger charge is -2.19. The Bertz CT molecular complexity index is 1180. The van der Waals surface area contributed by atoms with Gasteiger partial charge in [-0.15, -0.1) is 0 Å². The van der Waals surface area contributed by atoms with E-state index < -0.39 is 0 Å². The number of rotatable bonds is 32. The van der Waals surface area contributed by atoms with Gasteiger partial charge in [-0.1, -0.05) is 81.1 Å².